The van der Waals surface area contributed by atoms with Crippen LogP contribution in [0, 0.1) is 0 Å². The van der Waals surface area contributed by atoms with Crippen molar-refractivity contribution in [2.45, 2.75) is 0 Å². The summed E-state index contributed by atoms with van der Waals surface area (Å²) in [4.78, 5) is 16.4. The molecule has 1 aliphatic heterocycles. The molecule has 0 spiro atoms. The molecule has 0 amide bonds. The van der Waals surface area contributed by atoms with Gasteiger partial charge in [-0.05, 0) is 23.0 Å². The average Bonchev–Trinajstić information content (AvgIpc) is 2.73. The minimum absolute atomic E-state index is 0.0425. The normalized spacial score (nSPS) is 17.6. The number of nitrogens with zero attached hydrogens (tertiary/aromatic N) is 2. The van der Waals surface area contributed by atoms with E-state index in [0.29, 0.717) is 16.2 Å². The molecule has 6 heteroatoms. The van der Waals surface area contributed by atoms with E-state index in [1.54, 1.807) is 6.07 Å². The Morgan fingerprint density at radius 1 is 1.33 bits per heavy atom. The van der Waals surface area contributed by atoms with Gasteiger partial charge in [0.25, 0.3) is 0 Å². The van der Waals surface area contributed by atoms with E-state index in [1.807, 2.05) is 5.38 Å². The third-order valence-corrected chi connectivity index (χ3v) is 5.07. The van der Waals surface area contributed by atoms with Crippen LogP contribution in [0.4, 0.5) is 5.88 Å². The molecule has 0 aromatic carbocycles. The molecular formula is C12H13BrN2O2S. The number of thiophene rings is 1. The Bertz CT molecular complexity index is 629. The molecule has 96 valence electrons. The van der Waals surface area contributed by atoms with Crippen molar-refractivity contribution in [3.63, 3.8) is 0 Å². The van der Waals surface area contributed by atoms with Gasteiger partial charge in [-0.1, -0.05) is 0 Å². The molecule has 0 unspecified atom stereocenters. The molecule has 2 aromatic heterocycles. The summed E-state index contributed by atoms with van der Waals surface area (Å²) < 4.78 is 7.40. The minimum Gasteiger partial charge on any atom is -0.438 e. The first-order valence-corrected chi connectivity index (χ1v) is 7.47. The van der Waals surface area contributed by atoms with E-state index in [9.17, 15) is 4.79 Å². The molecule has 3 heterocycles. The number of anilines is 1. The molecular weight excluding hydrogens is 316 g/mol. The van der Waals surface area contributed by atoms with Gasteiger partial charge in [0.05, 0.1) is 4.47 Å². The summed E-state index contributed by atoms with van der Waals surface area (Å²) in [5.41, 5.74) is 0.710. The predicted octanol–water partition coefficient (Wildman–Crippen LogP) is 2.37. The minimum atomic E-state index is 0.0425. The number of likely N-dealkylation sites (N-methyl/N-ethyl adjacent to an activating group) is 1. The van der Waals surface area contributed by atoms with Gasteiger partial charge in [-0.25, -0.2) is 0 Å². The summed E-state index contributed by atoms with van der Waals surface area (Å²) >= 11 is 4.84. The van der Waals surface area contributed by atoms with Crippen molar-refractivity contribution >= 4 is 43.4 Å². The lowest BCUT2D eigenvalue weighted by Gasteiger charge is -2.32. The van der Waals surface area contributed by atoms with Crippen molar-refractivity contribution in [3.05, 3.63) is 26.1 Å². The highest BCUT2D eigenvalue weighted by Crippen LogP contribution is 2.30. The Morgan fingerprint density at radius 3 is 2.78 bits per heavy atom. The number of hydrogen-bond donors (Lipinski definition) is 0. The Kier molecular flexibility index (Phi) is 3.17. The number of rotatable bonds is 1. The van der Waals surface area contributed by atoms with Crippen LogP contribution in [0.5, 0.6) is 0 Å². The largest absolute Gasteiger partial charge is 0.438 e. The van der Waals surface area contributed by atoms with Crippen molar-refractivity contribution in [2.24, 2.45) is 0 Å². The number of halogens is 1. The highest BCUT2D eigenvalue weighted by molar-refractivity contribution is 9.10. The van der Waals surface area contributed by atoms with Crippen LogP contribution < -0.4 is 10.3 Å². The number of fused-ring (bicyclic) bond motifs is 1. The SMILES string of the molecule is CN1CCN(c2cc(=O)c3scc(Br)c3o2)CC1. The highest BCUT2D eigenvalue weighted by atomic mass is 79.9. The van der Waals surface area contributed by atoms with Crippen LogP contribution >= 0.6 is 27.3 Å². The molecule has 0 bridgehead atoms. The van der Waals surface area contributed by atoms with Crippen molar-refractivity contribution in [1.29, 1.82) is 0 Å². The Labute approximate surface area is 117 Å². The molecule has 1 saturated heterocycles. The molecule has 0 N–H and O–H groups in total. The van der Waals surface area contributed by atoms with Crippen molar-refractivity contribution < 1.29 is 4.42 Å². The van der Waals surface area contributed by atoms with Crippen LogP contribution in [0.2, 0.25) is 0 Å². The summed E-state index contributed by atoms with van der Waals surface area (Å²) in [6.45, 7) is 3.78. The van der Waals surface area contributed by atoms with E-state index in [-0.39, 0.29) is 5.43 Å². The van der Waals surface area contributed by atoms with E-state index in [2.05, 4.69) is 32.8 Å². The van der Waals surface area contributed by atoms with Gasteiger partial charge in [0.1, 0.15) is 4.70 Å². The van der Waals surface area contributed by atoms with Crippen LogP contribution in [-0.4, -0.2) is 38.1 Å². The van der Waals surface area contributed by atoms with E-state index in [1.165, 1.54) is 11.3 Å². The van der Waals surface area contributed by atoms with E-state index in [4.69, 9.17) is 4.42 Å². The monoisotopic (exact) mass is 328 g/mol. The quantitative estimate of drug-likeness (QED) is 0.805. The second kappa shape index (κ2) is 4.68. The summed E-state index contributed by atoms with van der Waals surface area (Å²) in [5, 5.41) is 1.89. The first kappa shape index (κ1) is 12.2. The third kappa shape index (κ3) is 2.08. The van der Waals surface area contributed by atoms with Crippen molar-refractivity contribution in [1.82, 2.24) is 4.90 Å². The van der Waals surface area contributed by atoms with Crippen LogP contribution in [0.3, 0.4) is 0 Å². The lowest BCUT2D eigenvalue weighted by atomic mass is 10.3. The topological polar surface area (TPSA) is 36.7 Å². The fraction of sp³-hybridized carbons (Fsp3) is 0.417. The molecule has 0 atom stereocenters. The summed E-state index contributed by atoms with van der Waals surface area (Å²) in [6, 6.07) is 1.61. The zero-order valence-corrected chi connectivity index (χ0v) is 12.4. The molecule has 0 saturated carbocycles. The van der Waals surface area contributed by atoms with Crippen molar-refractivity contribution in [2.75, 3.05) is 38.1 Å². The van der Waals surface area contributed by atoms with Crippen LogP contribution in [0.25, 0.3) is 10.3 Å². The van der Waals surface area contributed by atoms with Gasteiger partial charge in [0.2, 0.25) is 5.43 Å². The molecule has 1 fully saturated rings. The molecule has 1 aliphatic rings. The molecule has 0 radical (unpaired) electrons. The summed E-state index contributed by atoms with van der Waals surface area (Å²) in [6.07, 6.45) is 0. The average molecular weight is 329 g/mol. The van der Waals surface area contributed by atoms with Crippen molar-refractivity contribution in [3.8, 4) is 0 Å². The van der Waals surface area contributed by atoms with Gasteiger partial charge in [0.15, 0.2) is 11.5 Å². The fourth-order valence-electron chi connectivity index (χ4n) is 2.09. The smallest absolute Gasteiger partial charge is 0.204 e. The zero-order valence-electron chi connectivity index (χ0n) is 9.98. The van der Waals surface area contributed by atoms with Gasteiger partial charge in [-0.2, -0.15) is 0 Å². The summed E-state index contributed by atoms with van der Waals surface area (Å²) in [5.74, 6) is 0.680. The number of piperazine rings is 1. The molecule has 4 nitrogen and oxygen atoms in total. The van der Waals surface area contributed by atoms with Gasteiger partial charge >= 0.3 is 0 Å². The van der Waals surface area contributed by atoms with Gasteiger partial charge < -0.3 is 14.2 Å². The van der Waals surface area contributed by atoms with Gasteiger partial charge in [0, 0.05) is 37.6 Å². The first-order valence-electron chi connectivity index (χ1n) is 5.79. The standard InChI is InChI=1S/C12H13BrN2O2S/c1-14-2-4-15(5-3-14)10-6-9(16)12-11(17-10)8(13)7-18-12/h6-7H,2-5H2,1H3. The Balaban J connectivity index is 2.02. The van der Waals surface area contributed by atoms with Crippen LogP contribution in [0.15, 0.2) is 25.1 Å². The van der Waals surface area contributed by atoms with Crippen LogP contribution in [-0.2, 0) is 0 Å². The maximum absolute atomic E-state index is 12.0. The predicted molar refractivity (Wildman–Crippen MR) is 77.8 cm³/mol. The maximum atomic E-state index is 12.0. The first-order chi connectivity index (χ1) is 8.65. The van der Waals surface area contributed by atoms with E-state index < -0.39 is 0 Å². The summed E-state index contributed by atoms with van der Waals surface area (Å²) in [7, 11) is 2.10. The van der Waals surface area contributed by atoms with E-state index in [0.717, 1.165) is 30.7 Å². The molecule has 18 heavy (non-hydrogen) atoms. The van der Waals surface area contributed by atoms with Gasteiger partial charge in [-0.3, -0.25) is 4.79 Å². The lowest BCUT2D eigenvalue weighted by Crippen LogP contribution is -2.44. The highest BCUT2D eigenvalue weighted by Gasteiger charge is 2.18. The van der Waals surface area contributed by atoms with Crippen LogP contribution in [0.1, 0.15) is 0 Å². The fourth-order valence-corrected chi connectivity index (χ4v) is 3.54. The lowest BCUT2D eigenvalue weighted by molar-refractivity contribution is 0.306. The Hall–Kier alpha value is -0.850. The maximum Gasteiger partial charge on any atom is 0.204 e. The molecule has 2 aromatic rings. The Morgan fingerprint density at radius 2 is 2.06 bits per heavy atom. The second-order valence-electron chi connectivity index (χ2n) is 4.48. The van der Waals surface area contributed by atoms with E-state index >= 15 is 0 Å². The zero-order chi connectivity index (χ0) is 12.7. The second-order valence-corrected chi connectivity index (χ2v) is 6.22. The van der Waals surface area contributed by atoms with Gasteiger partial charge in [-0.15, -0.1) is 11.3 Å². The molecule has 3 rings (SSSR count). The molecule has 0 aliphatic carbocycles. The number of hydrogen-bond acceptors (Lipinski definition) is 5. The third-order valence-electron chi connectivity index (χ3n) is 3.20.